The molecule has 0 aliphatic carbocycles. The van der Waals surface area contributed by atoms with E-state index in [2.05, 4.69) is 5.32 Å². The van der Waals surface area contributed by atoms with Gasteiger partial charge in [-0.2, -0.15) is 0 Å². The van der Waals surface area contributed by atoms with Crippen molar-refractivity contribution < 1.29 is 14.3 Å². The monoisotopic (exact) mass is 290 g/mol. The SMILES string of the molecule is CC1(C)OC2CN3C(=O)Nc4cc(N)ccc4N3CC2O1. The molecule has 2 fully saturated rings. The molecule has 1 aromatic rings. The van der Waals surface area contributed by atoms with E-state index in [-0.39, 0.29) is 18.2 Å². The van der Waals surface area contributed by atoms with Crippen LogP contribution in [-0.4, -0.2) is 42.1 Å². The maximum Gasteiger partial charge on any atom is 0.340 e. The third kappa shape index (κ3) is 1.92. The highest BCUT2D eigenvalue weighted by molar-refractivity contribution is 5.98. The van der Waals surface area contributed by atoms with Crippen LogP contribution in [0.2, 0.25) is 0 Å². The molecule has 0 aromatic heterocycles. The van der Waals surface area contributed by atoms with Gasteiger partial charge >= 0.3 is 6.03 Å². The van der Waals surface area contributed by atoms with E-state index in [9.17, 15) is 4.79 Å². The zero-order valence-corrected chi connectivity index (χ0v) is 12.0. The second kappa shape index (κ2) is 4.02. The van der Waals surface area contributed by atoms with Crippen LogP contribution >= 0.6 is 0 Å². The molecule has 2 amide bonds. The molecule has 0 radical (unpaired) electrons. The lowest BCUT2D eigenvalue weighted by Gasteiger charge is -2.46. The molecule has 21 heavy (non-hydrogen) atoms. The predicted octanol–water partition coefficient (Wildman–Crippen LogP) is 1.37. The standard InChI is InChI=1S/C14H18N4O3/c1-14(2)20-11-6-17-10-4-3-8(15)5-9(10)16-13(19)18(17)7-12(11)21-14/h3-5,11-12H,6-7,15H2,1-2H3,(H,16,19). The Labute approximate surface area is 122 Å². The topological polar surface area (TPSA) is 80.1 Å². The number of carbonyl (C=O) groups is 1. The van der Waals surface area contributed by atoms with Crippen LogP contribution in [0.4, 0.5) is 21.9 Å². The highest BCUT2D eigenvalue weighted by atomic mass is 16.8. The molecule has 2 unspecified atom stereocenters. The quantitative estimate of drug-likeness (QED) is 0.705. The third-order valence-corrected chi connectivity index (χ3v) is 4.06. The predicted molar refractivity (Wildman–Crippen MR) is 77.8 cm³/mol. The van der Waals surface area contributed by atoms with Gasteiger partial charge in [-0.05, 0) is 32.0 Å². The molecule has 3 N–H and O–H groups in total. The number of nitrogens with zero attached hydrogens (tertiary/aromatic N) is 2. The van der Waals surface area contributed by atoms with Crippen LogP contribution in [0.3, 0.4) is 0 Å². The number of ether oxygens (including phenoxy) is 2. The minimum Gasteiger partial charge on any atom is -0.399 e. The molecule has 3 heterocycles. The molecule has 3 aliphatic heterocycles. The number of hydrogen-bond donors (Lipinski definition) is 2. The van der Waals surface area contributed by atoms with Gasteiger partial charge in [0, 0.05) is 5.69 Å². The maximum absolute atomic E-state index is 12.3. The van der Waals surface area contributed by atoms with Crippen LogP contribution in [0.25, 0.3) is 0 Å². The van der Waals surface area contributed by atoms with E-state index in [0.29, 0.717) is 18.8 Å². The summed E-state index contributed by atoms with van der Waals surface area (Å²) in [6.07, 6.45) is -0.148. The molecule has 2 saturated heterocycles. The number of carbonyl (C=O) groups excluding carboxylic acids is 1. The highest BCUT2D eigenvalue weighted by Crippen LogP contribution is 2.39. The zero-order chi connectivity index (χ0) is 14.8. The van der Waals surface area contributed by atoms with E-state index in [1.54, 1.807) is 11.1 Å². The van der Waals surface area contributed by atoms with Crippen molar-refractivity contribution in [3.8, 4) is 0 Å². The molecule has 7 heteroatoms. The van der Waals surface area contributed by atoms with E-state index in [1.165, 1.54) is 0 Å². The van der Waals surface area contributed by atoms with Gasteiger partial charge in [0.05, 0.1) is 24.5 Å². The number of benzene rings is 1. The summed E-state index contributed by atoms with van der Waals surface area (Å²) in [7, 11) is 0. The smallest absolute Gasteiger partial charge is 0.340 e. The van der Waals surface area contributed by atoms with Crippen LogP contribution in [0.1, 0.15) is 13.8 Å². The van der Waals surface area contributed by atoms with Crippen molar-refractivity contribution in [3.05, 3.63) is 18.2 Å². The summed E-state index contributed by atoms with van der Waals surface area (Å²) >= 11 is 0. The van der Waals surface area contributed by atoms with Gasteiger partial charge in [0.25, 0.3) is 0 Å². The normalized spacial score (nSPS) is 29.5. The fraction of sp³-hybridized carbons (Fsp3) is 0.500. The van der Waals surface area contributed by atoms with Gasteiger partial charge in [0.1, 0.15) is 12.2 Å². The van der Waals surface area contributed by atoms with E-state index >= 15 is 0 Å². The summed E-state index contributed by atoms with van der Waals surface area (Å²) in [6.45, 7) is 4.85. The third-order valence-electron chi connectivity index (χ3n) is 4.06. The Kier molecular flexibility index (Phi) is 2.44. The Balaban J connectivity index is 1.70. The average Bonchev–Trinajstić information content (AvgIpc) is 2.69. The van der Waals surface area contributed by atoms with Crippen LogP contribution in [0.15, 0.2) is 18.2 Å². The van der Waals surface area contributed by atoms with Crippen molar-refractivity contribution in [2.45, 2.75) is 31.8 Å². The molecule has 1 aromatic carbocycles. The van der Waals surface area contributed by atoms with Crippen LogP contribution in [-0.2, 0) is 9.47 Å². The zero-order valence-electron chi connectivity index (χ0n) is 12.0. The van der Waals surface area contributed by atoms with E-state index < -0.39 is 5.79 Å². The van der Waals surface area contributed by atoms with E-state index in [0.717, 1.165) is 11.4 Å². The van der Waals surface area contributed by atoms with Gasteiger partial charge in [0.2, 0.25) is 0 Å². The van der Waals surface area contributed by atoms with Crippen LogP contribution in [0, 0.1) is 0 Å². The molecule has 0 spiro atoms. The summed E-state index contributed by atoms with van der Waals surface area (Å²) in [4.78, 5) is 12.3. The second-order valence-electron chi connectivity index (χ2n) is 6.08. The lowest BCUT2D eigenvalue weighted by molar-refractivity contribution is -0.144. The number of anilines is 3. The van der Waals surface area contributed by atoms with Gasteiger partial charge in [0.15, 0.2) is 5.79 Å². The summed E-state index contributed by atoms with van der Waals surface area (Å²) in [5.41, 5.74) is 8.07. The Bertz CT molecular complexity index is 618. The highest BCUT2D eigenvalue weighted by Gasteiger charge is 2.49. The Morgan fingerprint density at radius 2 is 1.90 bits per heavy atom. The van der Waals surface area contributed by atoms with Gasteiger partial charge in [-0.15, -0.1) is 0 Å². The van der Waals surface area contributed by atoms with Crippen molar-refractivity contribution in [3.63, 3.8) is 0 Å². The van der Waals surface area contributed by atoms with Crippen molar-refractivity contribution in [1.29, 1.82) is 0 Å². The fourth-order valence-electron chi connectivity index (χ4n) is 3.24. The molecular weight excluding hydrogens is 272 g/mol. The molecule has 0 saturated carbocycles. The molecule has 0 bridgehead atoms. The van der Waals surface area contributed by atoms with Gasteiger partial charge < -0.3 is 20.5 Å². The van der Waals surface area contributed by atoms with Crippen molar-refractivity contribution in [2.75, 3.05) is 29.1 Å². The Morgan fingerprint density at radius 3 is 2.62 bits per heavy atom. The van der Waals surface area contributed by atoms with Crippen LogP contribution in [0.5, 0.6) is 0 Å². The minimum atomic E-state index is -0.606. The Morgan fingerprint density at radius 1 is 1.24 bits per heavy atom. The lowest BCUT2D eigenvalue weighted by atomic mass is 10.1. The molecule has 112 valence electrons. The first kappa shape index (κ1) is 12.7. The number of nitrogens with one attached hydrogen (secondary N) is 1. The van der Waals surface area contributed by atoms with E-state index in [4.69, 9.17) is 15.2 Å². The van der Waals surface area contributed by atoms with Crippen molar-refractivity contribution in [2.24, 2.45) is 0 Å². The van der Waals surface area contributed by atoms with Gasteiger partial charge in [-0.25, -0.2) is 9.80 Å². The van der Waals surface area contributed by atoms with Crippen molar-refractivity contribution in [1.82, 2.24) is 5.01 Å². The summed E-state index contributed by atoms with van der Waals surface area (Å²) < 4.78 is 11.8. The first-order valence-corrected chi connectivity index (χ1v) is 7.04. The summed E-state index contributed by atoms with van der Waals surface area (Å²) in [6, 6.07) is 5.35. The molecule has 2 atom stereocenters. The summed E-state index contributed by atoms with van der Waals surface area (Å²) in [5.74, 6) is -0.606. The first-order chi connectivity index (χ1) is 9.93. The number of urea groups is 1. The second-order valence-corrected chi connectivity index (χ2v) is 6.08. The molecule has 3 aliphatic rings. The van der Waals surface area contributed by atoms with E-state index in [1.807, 2.05) is 31.0 Å². The molecule has 4 rings (SSSR count). The fourth-order valence-corrected chi connectivity index (χ4v) is 3.24. The molecular formula is C14H18N4O3. The van der Waals surface area contributed by atoms with Gasteiger partial charge in [-0.1, -0.05) is 0 Å². The Hall–Kier alpha value is -1.99. The first-order valence-electron chi connectivity index (χ1n) is 7.04. The maximum atomic E-state index is 12.3. The summed E-state index contributed by atoms with van der Waals surface area (Å²) in [5, 5.41) is 6.48. The minimum absolute atomic E-state index is 0.0486. The van der Waals surface area contributed by atoms with Crippen molar-refractivity contribution >= 4 is 23.1 Å². The molecule has 7 nitrogen and oxygen atoms in total. The number of amides is 2. The number of nitrogen functional groups attached to an aromatic ring is 1. The number of nitrogens with two attached hydrogens (primary N) is 1. The van der Waals surface area contributed by atoms with Crippen LogP contribution < -0.4 is 16.1 Å². The number of rotatable bonds is 0. The number of fused-ring (bicyclic) bond motifs is 4. The largest absolute Gasteiger partial charge is 0.399 e. The van der Waals surface area contributed by atoms with Gasteiger partial charge in [-0.3, -0.25) is 5.01 Å². The number of hydrogen-bond acceptors (Lipinski definition) is 5. The lowest BCUT2D eigenvalue weighted by Crippen LogP contribution is -2.62. The number of hydrazine groups is 1. The average molecular weight is 290 g/mol.